The molecule has 26 heavy (non-hydrogen) atoms. The van der Waals surface area contributed by atoms with Crippen LogP contribution in [0.1, 0.15) is 28.7 Å². The van der Waals surface area contributed by atoms with E-state index >= 15 is 0 Å². The fraction of sp³-hybridized carbons (Fsp3) is 0.238. The van der Waals surface area contributed by atoms with Gasteiger partial charge in [-0.25, -0.2) is 4.98 Å². The molecule has 0 saturated carbocycles. The summed E-state index contributed by atoms with van der Waals surface area (Å²) in [5.41, 5.74) is 5.78. The Labute approximate surface area is 157 Å². The molecule has 5 heteroatoms. The number of fused-ring (bicyclic) bond motifs is 1. The zero-order valence-corrected chi connectivity index (χ0v) is 15.8. The van der Waals surface area contributed by atoms with Crippen LogP contribution in [0.25, 0.3) is 11.0 Å². The maximum atomic E-state index is 4.77. The molecule has 132 valence electrons. The highest BCUT2D eigenvalue weighted by atomic mass is 32.1. The van der Waals surface area contributed by atoms with E-state index in [1.807, 2.05) is 12.3 Å². The van der Waals surface area contributed by atoms with Gasteiger partial charge in [-0.1, -0.05) is 18.2 Å². The van der Waals surface area contributed by atoms with Gasteiger partial charge in [0.2, 0.25) is 0 Å². The fourth-order valence-electron chi connectivity index (χ4n) is 3.18. The summed E-state index contributed by atoms with van der Waals surface area (Å²) in [6, 6.07) is 14.8. The van der Waals surface area contributed by atoms with Crippen molar-refractivity contribution in [1.82, 2.24) is 19.9 Å². The van der Waals surface area contributed by atoms with Crippen molar-refractivity contribution in [2.75, 3.05) is 0 Å². The number of pyridine rings is 1. The van der Waals surface area contributed by atoms with Crippen molar-refractivity contribution >= 4 is 22.4 Å². The van der Waals surface area contributed by atoms with Gasteiger partial charge in [0.05, 0.1) is 29.3 Å². The predicted molar refractivity (Wildman–Crippen MR) is 107 cm³/mol. The number of nitrogens with one attached hydrogen (secondary N) is 1. The van der Waals surface area contributed by atoms with Gasteiger partial charge in [-0.2, -0.15) is 11.3 Å². The summed E-state index contributed by atoms with van der Waals surface area (Å²) in [5.74, 6) is 1.04. The number of hydrogen-bond donors (Lipinski definition) is 1. The van der Waals surface area contributed by atoms with E-state index in [2.05, 4.69) is 76.0 Å². The van der Waals surface area contributed by atoms with Crippen molar-refractivity contribution in [2.45, 2.75) is 25.9 Å². The topological polar surface area (TPSA) is 42.7 Å². The number of thiophene rings is 1. The molecule has 4 rings (SSSR count). The lowest BCUT2D eigenvalue weighted by atomic mass is 10.0. The molecule has 1 atom stereocenters. The minimum absolute atomic E-state index is 0.157. The zero-order chi connectivity index (χ0) is 17.9. The van der Waals surface area contributed by atoms with Crippen molar-refractivity contribution in [1.29, 1.82) is 0 Å². The number of aromatic nitrogens is 3. The monoisotopic (exact) mass is 362 g/mol. The molecule has 0 aliphatic carbocycles. The maximum absolute atomic E-state index is 4.77. The lowest BCUT2D eigenvalue weighted by Gasteiger charge is -2.18. The van der Waals surface area contributed by atoms with E-state index in [0.29, 0.717) is 6.54 Å². The smallest absolute Gasteiger partial charge is 0.123 e. The fourth-order valence-corrected chi connectivity index (χ4v) is 3.86. The van der Waals surface area contributed by atoms with Gasteiger partial charge in [0.25, 0.3) is 0 Å². The highest BCUT2D eigenvalue weighted by Crippen LogP contribution is 2.20. The third-order valence-corrected chi connectivity index (χ3v) is 5.43. The molecule has 1 aromatic carbocycles. The molecule has 0 fully saturated rings. The Kier molecular flexibility index (Phi) is 4.82. The van der Waals surface area contributed by atoms with Gasteiger partial charge in [0.15, 0.2) is 0 Å². The average molecular weight is 363 g/mol. The predicted octanol–water partition coefficient (Wildman–Crippen LogP) is 4.41. The third-order valence-electron chi connectivity index (χ3n) is 4.70. The second-order valence-corrected chi connectivity index (χ2v) is 7.39. The number of benzene rings is 1. The van der Waals surface area contributed by atoms with E-state index in [0.717, 1.165) is 29.0 Å². The highest BCUT2D eigenvalue weighted by molar-refractivity contribution is 7.07. The van der Waals surface area contributed by atoms with E-state index in [1.54, 1.807) is 11.3 Å². The van der Waals surface area contributed by atoms with Gasteiger partial charge in [0, 0.05) is 13.2 Å². The molecule has 0 amide bonds. The Bertz CT molecular complexity index is 987. The minimum atomic E-state index is 0.157. The van der Waals surface area contributed by atoms with Crippen molar-refractivity contribution in [2.24, 2.45) is 7.05 Å². The SMILES string of the molecule is Cc1ccc(C(Cc2ccsc2)NCc2nc3ccccc3n2C)nc1. The molecular weight excluding hydrogens is 340 g/mol. The van der Waals surface area contributed by atoms with Gasteiger partial charge in [-0.3, -0.25) is 4.98 Å². The Hall–Kier alpha value is -2.50. The van der Waals surface area contributed by atoms with Crippen molar-refractivity contribution in [3.63, 3.8) is 0 Å². The Morgan fingerprint density at radius 1 is 1.15 bits per heavy atom. The van der Waals surface area contributed by atoms with E-state index in [4.69, 9.17) is 4.98 Å². The van der Waals surface area contributed by atoms with E-state index in [-0.39, 0.29) is 6.04 Å². The molecule has 3 aromatic heterocycles. The van der Waals surface area contributed by atoms with Gasteiger partial charge in [-0.05, 0) is 59.5 Å². The van der Waals surface area contributed by atoms with Crippen LogP contribution >= 0.6 is 11.3 Å². The van der Waals surface area contributed by atoms with Crippen LogP contribution in [-0.2, 0) is 20.0 Å². The largest absolute Gasteiger partial charge is 0.330 e. The summed E-state index contributed by atoms with van der Waals surface area (Å²) in [7, 11) is 2.07. The molecule has 0 bridgehead atoms. The van der Waals surface area contributed by atoms with E-state index < -0.39 is 0 Å². The van der Waals surface area contributed by atoms with Crippen molar-refractivity contribution < 1.29 is 0 Å². The zero-order valence-electron chi connectivity index (χ0n) is 15.0. The second-order valence-electron chi connectivity index (χ2n) is 6.61. The first-order valence-corrected chi connectivity index (χ1v) is 9.72. The first-order valence-electron chi connectivity index (χ1n) is 8.78. The molecule has 1 unspecified atom stereocenters. The summed E-state index contributed by atoms with van der Waals surface area (Å²) in [4.78, 5) is 9.42. The normalized spacial score (nSPS) is 12.5. The number of hydrogen-bond acceptors (Lipinski definition) is 4. The van der Waals surface area contributed by atoms with Gasteiger partial charge in [0.1, 0.15) is 5.82 Å². The lowest BCUT2D eigenvalue weighted by molar-refractivity contribution is 0.503. The summed E-state index contributed by atoms with van der Waals surface area (Å²) in [6.07, 6.45) is 2.86. The summed E-state index contributed by atoms with van der Waals surface area (Å²) >= 11 is 1.73. The number of aryl methyl sites for hydroxylation is 2. The second kappa shape index (κ2) is 7.40. The van der Waals surface area contributed by atoms with E-state index in [9.17, 15) is 0 Å². The Balaban J connectivity index is 1.57. The third kappa shape index (κ3) is 3.54. The molecular formula is C21H22N4S. The van der Waals surface area contributed by atoms with Crippen molar-refractivity contribution in [3.8, 4) is 0 Å². The van der Waals surface area contributed by atoms with Crippen LogP contribution in [0, 0.1) is 6.92 Å². The molecule has 0 spiro atoms. The minimum Gasteiger partial charge on any atom is -0.330 e. The molecule has 4 aromatic rings. The first kappa shape index (κ1) is 16.9. The first-order chi connectivity index (χ1) is 12.7. The molecule has 1 N–H and O–H groups in total. The molecule has 0 radical (unpaired) electrons. The molecule has 4 nitrogen and oxygen atoms in total. The quantitative estimate of drug-likeness (QED) is 0.552. The van der Waals surface area contributed by atoms with E-state index in [1.165, 1.54) is 11.1 Å². The van der Waals surface area contributed by atoms with Crippen LogP contribution < -0.4 is 5.32 Å². The number of imidazole rings is 1. The van der Waals surface area contributed by atoms with Crippen LogP contribution in [0.15, 0.2) is 59.4 Å². The van der Waals surface area contributed by atoms with Crippen molar-refractivity contribution in [3.05, 3.63) is 82.1 Å². The lowest BCUT2D eigenvalue weighted by Crippen LogP contribution is -2.25. The van der Waals surface area contributed by atoms with Gasteiger partial charge >= 0.3 is 0 Å². The number of para-hydroxylation sites is 2. The molecule has 0 aliphatic heterocycles. The Morgan fingerprint density at radius 3 is 2.77 bits per heavy atom. The maximum Gasteiger partial charge on any atom is 0.123 e. The standard InChI is InChI=1S/C21H22N4S/c1-15-7-8-17(22-12-15)19(11-16-9-10-26-14-16)23-13-21-24-18-5-3-4-6-20(18)25(21)2/h3-10,12,14,19,23H,11,13H2,1-2H3. The van der Waals surface area contributed by atoms with Crippen LogP contribution in [-0.4, -0.2) is 14.5 Å². The summed E-state index contributed by atoms with van der Waals surface area (Å²) < 4.78 is 2.16. The molecule has 0 saturated heterocycles. The number of nitrogens with zero attached hydrogens (tertiary/aromatic N) is 3. The van der Waals surface area contributed by atoms with Crippen LogP contribution in [0.4, 0.5) is 0 Å². The van der Waals surface area contributed by atoms with Gasteiger partial charge < -0.3 is 9.88 Å². The van der Waals surface area contributed by atoms with Crippen LogP contribution in [0.5, 0.6) is 0 Å². The van der Waals surface area contributed by atoms with Crippen LogP contribution in [0.3, 0.4) is 0 Å². The number of rotatable bonds is 6. The van der Waals surface area contributed by atoms with Gasteiger partial charge in [-0.15, -0.1) is 0 Å². The molecule has 0 aliphatic rings. The molecule has 3 heterocycles. The highest BCUT2D eigenvalue weighted by Gasteiger charge is 2.15. The summed E-state index contributed by atoms with van der Waals surface area (Å²) in [5, 5.41) is 8.00. The Morgan fingerprint density at radius 2 is 2.04 bits per heavy atom. The average Bonchev–Trinajstić information content (AvgIpc) is 3.28. The van der Waals surface area contributed by atoms with Crippen LogP contribution in [0.2, 0.25) is 0 Å². The summed E-state index contributed by atoms with van der Waals surface area (Å²) in [6.45, 7) is 2.77.